The fourth-order valence-electron chi connectivity index (χ4n) is 3.94. The van der Waals surface area contributed by atoms with Crippen molar-refractivity contribution in [2.45, 2.75) is 18.9 Å². The molecule has 0 saturated carbocycles. The summed E-state index contributed by atoms with van der Waals surface area (Å²) >= 11 is 0. The molecule has 3 aromatic carbocycles. The molecule has 0 fully saturated rings. The first kappa shape index (κ1) is 15.9. The average molecular weight is 356 g/mol. The fraction of sp³-hybridized carbons (Fsp3) is 0.174. The molecule has 0 radical (unpaired) electrons. The maximum atomic E-state index is 12.8. The third-order valence-electron chi connectivity index (χ3n) is 5.28. The summed E-state index contributed by atoms with van der Waals surface area (Å²) in [5, 5.41) is 3.09. The third kappa shape index (κ3) is 2.83. The monoisotopic (exact) mass is 356 g/mol. The van der Waals surface area contributed by atoms with Crippen LogP contribution in [0, 0.1) is 0 Å². The van der Waals surface area contributed by atoms with Gasteiger partial charge < -0.3 is 15.0 Å². The number of carbonyl (C=O) groups is 1. The molecular weight excluding hydrogens is 336 g/mol. The van der Waals surface area contributed by atoms with E-state index in [1.54, 1.807) is 0 Å². The second-order valence-corrected chi connectivity index (χ2v) is 6.96. The lowest BCUT2D eigenvalue weighted by molar-refractivity contribution is -0.122. The smallest absolute Gasteiger partial charge is 0.265 e. The van der Waals surface area contributed by atoms with Gasteiger partial charge in [-0.1, -0.05) is 48.5 Å². The van der Waals surface area contributed by atoms with Gasteiger partial charge in [-0.3, -0.25) is 4.79 Å². The number of para-hydroxylation sites is 4. The van der Waals surface area contributed by atoms with Crippen molar-refractivity contribution in [3.05, 3.63) is 83.9 Å². The predicted octanol–water partition coefficient (Wildman–Crippen LogP) is 4.32. The van der Waals surface area contributed by atoms with Crippen LogP contribution in [0.25, 0.3) is 0 Å². The molecule has 1 atom stereocenters. The third-order valence-corrected chi connectivity index (χ3v) is 5.28. The Hall–Kier alpha value is -3.27. The van der Waals surface area contributed by atoms with Crippen molar-refractivity contribution in [3.63, 3.8) is 0 Å². The van der Waals surface area contributed by atoms with Gasteiger partial charge in [-0.05, 0) is 41.8 Å². The van der Waals surface area contributed by atoms with E-state index in [4.69, 9.17) is 4.74 Å². The molecule has 2 aliphatic rings. The first-order chi connectivity index (χ1) is 13.3. The molecule has 1 N–H and O–H groups in total. The molecular formula is C23H20N2O2. The topological polar surface area (TPSA) is 41.6 Å². The number of benzene rings is 3. The number of anilines is 3. The van der Waals surface area contributed by atoms with E-state index < -0.39 is 6.10 Å². The Morgan fingerprint density at radius 1 is 0.889 bits per heavy atom. The van der Waals surface area contributed by atoms with Crippen molar-refractivity contribution in [2.24, 2.45) is 0 Å². The number of ether oxygens (including phenoxy) is 1. The van der Waals surface area contributed by atoms with E-state index in [0.717, 1.165) is 35.7 Å². The minimum Gasteiger partial charge on any atom is -0.480 e. The molecule has 27 heavy (non-hydrogen) atoms. The molecule has 0 aliphatic carbocycles. The van der Waals surface area contributed by atoms with Gasteiger partial charge in [-0.2, -0.15) is 0 Å². The lowest BCUT2D eigenvalue weighted by Crippen LogP contribution is -2.32. The Balaban J connectivity index is 1.39. The SMILES string of the molecule is O=C(Nc1ccccc1N1CCc2ccccc21)C1Cc2ccccc2O1. The Morgan fingerprint density at radius 3 is 2.44 bits per heavy atom. The molecule has 0 aromatic heterocycles. The lowest BCUT2D eigenvalue weighted by Gasteiger charge is -2.23. The van der Waals surface area contributed by atoms with Crippen LogP contribution in [0.5, 0.6) is 5.75 Å². The van der Waals surface area contributed by atoms with Crippen molar-refractivity contribution in [3.8, 4) is 5.75 Å². The average Bonchev–Trinajstić information content (AvgIpc) is 3.33. The zero-order valence-corrected chi connectivity index (χ0v) is 14.9. The largest absolute Gasteiger partial charge is 0.480 e. The summed E-state index contributed by atoms with van der Waals surface area (Å²) < 4.78 is 5.84. The van der Waals surface area contributed by atoms with Gasteiger partial charge in [0.15, 0.2) is 6.10 Å². The van der Waals surface area contributed by atoms with Crippen molar-refractivity contribution < 1.29 is 9.53 Å². The van der Waals surface area contributed by atoms with Gasteiger partial charge in [-0.25, -0.2) is 0 Å². The number of hydrogen-bond acceptors (Lipinski definition) is 3. The molecule has 3 aromatic rings. The number of fused-ring (bicyclic) bond motifs is 2. The fourth-order valence-corrected chi connectivity index (χ4v) is 3.94. The highest BCUT2D eigenvalue weighted by molar-refractivity contribution is 5.98. The van der Waals surface area contributed by atoms with Crippen LogP contribution in [0.3, 0.4) is 0 Å². The summed E-state index contributed by atoms with van der Waals surface area (Å²) in [6.45, 7) is 0.914. The van der Waals surface area contributed by atoms with Crippen molar-refractivity contribution in [1.29, 1.82) is 0 Å². The summed E-state index contributed by atoms with van der Waals surface area (Å²) in [6.07, 6.45) is 1.14. The van der Waals surface area contributed by atoms with Crippen LogP contribution in [-0.4, -0.2) is 18.6 Å². The number of amides is 1. The molecule has 4 heteroatoms. The van der Waals surface area contributed by atoms with Gasteiger partial charge in [0.25, 0.3) is 5.91 Å². The Bertz CT molecular complexity index is 990. The van der Waals surface area contributed by atoms with Gasteiger partial charge in [0.2, 0.25) is 0 Å². The second-order valence-electron chi connectivity index (χ2n) is 6.96. The van der Waals surface area contributed by atoms with Crippen LogP contribution in [0.1, 0.15) is 11.1 Å². The van der Waals surface area contributed by atoms with Gasteiger partial charge in [0.1, 0.15) is 5.75 Å². The number of carbonyl (C=O) groups excluding carboxylic acids is 1. The summed E-state index contributed by atoms with van der Waals surface area (Å²) in [6, 6.07) is 24.2. The van der Waals surface area contributed by atoms with E-state index in [1.165, 1.54) is 11.3 Å². The minimum atomic E-state index is -0.485. The summed E-state index contributed by atoms with van der Waals surface area (Å²) in [4.78, 5) is 15.1. The molecule has 0 spiro atoms. The zero-order chi connectivity index (χ0) is 18.2. The Morgan fingerprint density at radius 2 is 1.59 bits per heavy atom. The molecule has 5 rings (SSSR count). The van der Waals surface area contributed by atoms with Gasteiger partial charge in [0.05, 0.1) is 11.4 Å². The minimum absolute atomic E-state index is 0.105. The quantitative estimate of drug-likeness (QED) is 0.760. The highest BCUT2D eigenvalue weighted by atomic mass is 16.5. The van der Waals surface area contributed by atoms with Gasteiger partial charge in [-0.15, -0.1) is 0 Å². The van der Waals surface area contributed by atoms with E-state index in [0.29, 0.717) is 6.42 Å². The van der Waals surface area contributed by atoms with Gasteiger partial charge in [0, 0.05) is 18.7 Å². The number of nitrogens with zero attached hydrogens (tertiary/aromatic N) is 1. The normalized spacial score (nSPS) is 17.2. The molecule has 0 bridgehead atoms. The second kappa shape index (κ2) is 6.47. The maximum absolute atomic E-state index is 12.8. The molecule has 4 nitrogen and oxygen atoms in total. The molecule has 1 amide bonds. The number of rotatable bonds is 3. The van der Waals surface area contributed by atoms with Crippen LogP contribution in [-0.2, 0) is 17.6 Å². The van der Waals surface area contributed by atoms with Crippen molar-refractivity contribution in [1.82, 2.24) is 0 Å². The van der Waals surface area contributed by atoms with E-state index >= 15 is 0 Å². The van der Waals surface area contributed by atoms with Gasteiger partial charge >= 0.3 is 0 Å². The first-order valence-electron chi connectivity index (χ1n) is 9.29. The summed E-state index contributed by atoms with van der Waals surface area (Å²) in [5.74, 6) is 0.700. The summed E-state index contributed by atoms with van der Waals surface area (Å²) in [5.41, 5.74) is 5.47. The first-order valence-corrected chi connectivity index (χ1v) is 9.29. The highest BCUT2D eigenvalue weighted by Crippen LogP contribution is 2.38. The molecule has 1 unspecified atom stereocenters. The number of hydrogen-bond donors (Lipinski definition) is 1. The van der Waals surface area contributed by atoms with E-state index in [1.807, 2.05) is 42.5 Å². The van der Waals surface area contributed by atoms with Crippen molar-refractivity contribution >= 4 is 23.0 Å². The Kier molecular flexibility index (Phi) is 3.82. The standard InChI is InChI=1S/C23H20N2O2/c26-23(22-15-17-8-2-6-12-21(17)27-22)24-18-9-3-5-11-20(18)25-14-13-16-7-1-4-10-19(16)25/h1-12,22H,13-15H2,(H,24,26). The van der Waals surface area contributed by atoms with Crippen molar-refractivity contribution in [2.75, 3.05) is 16.8 Å². The van der Waals surface area contributed by atoms with Crippen LogP contribution in [0.15, 0.2) is 72.8 Å². The molecule has 0 saturated heterocycles. The van der Waals surface area contributed by atoms with E-state index in [2.05, 4.69) is 40.5 Å². The Labute approximate surface area is 158 Å². The van der Waals surface area contributed by atoms with Crippen LogP contribution in [0.2, 0.25) is 0 Å². The zero-order valence-electron chi connectivity index (χ0n) is 14.9. The van der Waals surface area contributed by atoms with Crippen LogP contribution < -0.4 is 15.0 Å². The van der Waals surface area contributed by atoms with E-state index in [-0.39, 0.29) is 5.91 Å². The molecule has 2 aliphatic heterocycles. The lowest BCUT2D eigenvalue weighted by atomic mass is 10.1. The van der Waals surface area contributed by atoms with E-state index in [9.17, 15) is 4.79 Å². The van der Waals surface area contributed by atoms with Crippen LogP contribution >= 0.6 is 0 Å². The predicted molar refractivity (Wildman–Crippen MR) is 107 cm³/mol. The number of nitrogens with one attached hydrogen (secondary N) is 1. The summed E-state index contributed by atoms with van der Waals surface area (Å²) in [7, 11) is 0. The molecule has 134 valence electrons. The molecule has 2 heterocycles. The van der Waals surface area contributed by atoms with Crippen LogP contribution in [0.4, 0.5) is 17.1 Å². The maximum Gasteiger partial charge on any atom is 0.265 e. The highest BCUT2D eigenvalue weighted by Gasteiger charge is 2.30.